The third kappa shape index (κ3) is 2.90. The van der Waals surface area contributed by atoms with Crippen molar-refractivity contribution in [3.63, 3.8) is 0 Å². The number of rotatable bonds is 6. The molecular weight excluding hydrogens is 298 g/mol. The summed E-state index contributed by atoms with van der Waals surface area (Å²) in [6.45, 7) is 1.67. The highest BCUT2D eigenvalue weighted by Crippen LogP contribution is 2.22. The van der Waals surface area contributed by atoms with E-state index >= 15 is 0 Å². The van der Waals surface area contributed by atoms with Crippen LogP contribution in [0.1, 0.15) is 16.9 Å². The average Bonchev–Trinajstić information content (AvgIpc) is 2.95. The predicted octanol–water partition coefficient (Wildman–Crippen LogP) is 0.734. The Morgan fingerprint density at radius 1 is 1.43 bits per heavy atom. The van der Waals surface area contributed by atoms with E-state index in [1.807, 2.05) is 20.2 Å². The Morgan fingerprint density at radius 2 is 2.26 bits per heavy atom. The number of aromatic carboxylic acids is 1. The summed E-state index contributed by atoms with van der Waals surface area (Å²) >= 11 is 0. The molecule has 120 valence electrons. The Labute approximate surface area is 132 Å². The normalized spacial score (nSPS) is 11.4. The summed E-state index contributed by atoms with van der Waals surface area (Å²) in [6.07, 6.45) is 4.22. The van der Waals surface area contributed by atoms with E-state index in [9.17, 15) is 9.90 Å². The number of carboxylic acid groups (broad SMARTS) is 1. The smallest absolute Gasteiger partial charge is 0.360 e. The minimum absolute atomic E-state index is 0.174. The van der Waals surface area contributed by atoms with Gasteiger partial charge >= 0.3 is 5.97 Å². The first-order chi connectivity index (χ1) is 11.1. The number of hydrogen-bond acceptors (Lipinski definition) is 7. The Balaban J connectivity index is 2.03. The van der Waals surface area contributed by atoms with E-state index in [4.69, 9.17) is 0 Å². The number of pyridine rings is 1. The van der Waals surface area contributed by atoms with Gasteiger partial charge in [-0.15, -0.1) is 5.10 Å². The van der Waals surface area contributed by atoms with Gasteiger partial charge in [-0.3, -0.25) is 4.98 Å². The van der Waals surface area contributed by atoms with E-state index < -0.39 is 5.97 Å². The monoisotopic (exact) mass is 315 g/mol. The SMILES string of the molecule is CN(C)CCCNc1nc2c(C(=O)O)nnn2c2cnccc12. The molecule has 3 aromatic heterocycles. The molecule has 3 heterocycles. The van der Waals surface area contributed by atoms with Crippen LogP contribution in [0.2, 0.25) is 0 Å². The first-order valence-electron chi connectivity index (χ1n) is 7.19. The van der Waals surface area contributed by atoms with Crippen molar-refractivity contribution in [3.05, 3.63) is 24.2 Å². The number of nitrogens with zero attached hydrogens (tertiary/aromatic N) is 6. The van der Waals surface area contributed by atoms with Crippen LogP contribution in [0.3, 0.4) is 0 Å². The van der Waals surface area contributed by atoms with Crippen LogP contribution in [0, 0.1) is 0 Å². The van der Waals surface area contributed by atoms with Gasteiger partial charge in [0.2, 0.25) is 5.69 Å². The lowest BCUT2D eigenvalue weighted by Crippen LogP contribution is -2.17. The molecular formula is C14H17N7O2. The van der Waals surface area contributed by atoms with E-state index in [2.05, 4.69) is 30.5 Å². The molecule has 0 saturated heterocycles. The van der Waals surface area contributed by atoms with Crippen molar-refractivity contribution in [2.75, 3.05) is 32.5 Å². The fraction of sp³-hybridized carbons (Fsp3) is 0.357. The fourth-order valence-electron chi connectivity index (χ4n) is 2.34. The van der Waals surface area contributed by atoms with Crippen molar-refractivity contribution >= 4 is 28.3 Å². The Bertz CT molecular complexity index is 859. The van der Waals surface area contributed by atoms with Crippen LogP contribution < -0.4 is 5.32 Å². The quantitative estimate of drug-likeness (QED) is 0.641. The minimum atomic E-state index is -1.16. The third-order valence-corrected chi connectivity index (χ3v) is 3.42. The number of hydrogen-bond donors (Lipinski definition) is 2. The van der Waals surface area contributed by atoms with Crippen molar-refractivity contribution < 1.29 is 9.90 Å². The summed E-state index contributed by atoms with van der Waals surface area (Å²) in [5.74, 6) is -0.548. The number of nitrogens with one attached hydrogen (secondary N) is 1. The lowest BCUT2D eigenvalue weighted by Gasteiger charge is -2.12. The zero-order valence-corrected chi connectivity index (χ0v) is 12.9. The van der Waals surface area contributed by atoms with Crippen molar-refractivity contribution in [1.82, 2.24) is 29.7 Å². The lowest BCUT2D eigenvalue weighted by molar-refractivity contribution is 0.0692. The van der Waals surface area contributed by atoms with Gasteiger partial charge in [0.05, 0.1) is 11.7 Å². The second-order valence-electron chi connectivity index (χ2n) is 5.42. The molecule has 2 N–H and O–H groups in total. The number of aromatic nitrogens is 5. The summed E-state index contributed by atoms with van der Waals surface area (Å²) < 4.78 is 1.40. The highest BCUT2D eigenvalue weighted by Gasteiger charge is 2.18. The fourth-order valence-corrected chi connectivity index (χ4v) is 2.34. The van der Waals surface area contributed by atoms with Gasteiger partial charge in [0.15, 0.2) is 5.65 Å². The van der Waals surface area contributed by atoms with Crippen LogP contribution in [-0.2, 0) is 0 Å². The molecule has 0 aliphatic heterocycles. The maximum absolute atomic E-state index is 11.3. The molecule has 9 heteroatoms. The molecule has 0 aliphatic carbocycles. The molecule has 0 saturated carbocycles. The van der Waals surface area contributed by atoms with Crippen LogP contribution in [0.15, 0.2) is 18.5 Å². The number of fused-ring (bicyclic) bond motifs is 3. The van der Waals surface area contributed by atoms with Crippen LogP contribution in [0.5, 0.6) is 0 Å². The van der Waals surface area contributed by atoms with Gasteiger partial charge in [0, 0.05) is 18.1 Å². The molecule has 0 aromatic carbocycles. The first-order valence-corrected chi connectivity index (χ1v) is 7.19. The Morgan fingerprint density at radius 3 is 3.00 bits per heavy atom. The zero-order chi connectivity index (χ0) is 16.4. The standard InChI is InChI=1S/C14H17N7O2/c1-20(2)7-3-5-16-12-9-4-6-15-8-10(9)21-13(17-12)11(14(22)23)18-19-21/h4,6,8H,3,5,7H2,1-2H3,(H,16,17)(H,22,23). The van der Waals surface area contributed by atoms with Crippen molar-refractivity contribution in [2.24, 2.45) is 0 Å². The number of carbonyl (C=O) groups is 1. The maximum Gasteiger partial charge on any atom is 0.360 e. The van der Waals surface area contributed by atoms with Gasteiger partial charge < -0.3 is 15.3 Å². The van der Waals surface area contributed by atoms with Crippen molar-refractivity contribution in [1.29, 1.82) is 0 Å². The lowest BCUT2D eigenvalue weighted by atomic mass is 10.2. The second kappa shape index (κ2) is 6.13. The van der Waals surface area contributed by atoms with Crippen LogP contribution in [0.25, 0.3) is 16.6 Å². The molecule has 23 heavy (non-hydrogen) atoms. The van der Waals surface area contributed by atoms with E-state index in [0.717, 1.165) is 24.9 Å². The first kappa shape index (κ1) is 15.1. The Hall–Kier alpha value is -2.81. The Kier molecular flexibility index (Phi) is 4.02. The summed E-state index contributed by atoms with van der Waals surface area (Å²) in [5.41, 5.74) is 0.688. The third-order valence-electron chi connectivity index (χ3n) is 3.42. The highest BCUT2D eigenvalue weighted by atomic mass is 16.4. The zero-order valence-electron chi connectivity index (χ0n) is 12.9. The minimum Gasteiger partial charge on any atom is -0.476 e. The summed E-state index contributed by atoms with van der Waals surface area (Å²) in [5, 5.41) is 20.9. The summed E-state index contributed by atoms with van der Waals surface area (Å²) in [4.78, 5) is 21.8. The predicted molar refractivity (Wildman–Crippen MR) is 84.7 cm³/mol. The summed E-state index contributed by atoms with van der Waals surface area (Å²) in [6, 6.07) is 1.82. The van der Waals surface area contributed by atoms with Gasteiger partial charge in [-0.25, -0.2) is 9.78 Å². The average molecular weight is 315 g/mol. The number of carboxylic acids is 1. The second-order valence-corrected chi connectivity index (χ2v) is 5.42. The maximum atomic E-state index is 11.3. The van der Waals surface area contributed by atoms with Gasteiger partial charge in [-0.1, -0.05) is 5.21 Å². The highest BCUT2D eigenvalue weighted by molar-refractivity contribution is 5.96. The van der Waals surface area contributed by atoms with Crippen molar-refractivity contribution in [3.8, 4) is 0 Å². The molecule has 0 spiro atoms. The van der Waals surface area contributed by atoms with E-state index in [-0.39, 0.29) is 11.3 Å². The van der Waals surface area contributed by atoms with Gasteiger partial charge in [-0.2, -0.15) is 4.52 Å². The largest absolute Gasteiger partial charge is 0.476 e. The van der Waals surface area contributed by atoms with Crippen LogP contribution in [-0.4, -0.2) is 68.0 Å². The summed E-state index contributed by atoms with van der Waals surface area (Å²) in [7, 11) is 4.03. The van der Waals surface area contributed by atoms with E-state index in [1.54, 1.807) is 12.4 Å². The van der Waals surface area contributed by atoms with E-state index in [1.165, 1.54) is 4.52 Å². The topological polar surface area (TPSA) is 109 Å². The van der Waals surface area contributed by atoms with Crippen molar-refractivity contribution in [2.45, 2.75) is 6.42 Å². The molecule has 0 bridgehead atoms. The molecule has 9 nitrogen and oxygen atoms in total. The molecule has 0 radical (unpaired) electrons. The molecule has 0 aliphatic rings. The van der Waals surface area contributed by atoms with Gasteiger partial charge in [-0.05, 0) is 33.1 Å². The molecule has 0 unspecified atom stereocenters. The molecule has 3 rings (SSSR count). The molecule has 0 fully saturated rings. The van der Waals surface area contributed by atoms with Gasteiger partial charge in [0.25, 0.3) is 0 Å². The molecule has 0 atom stereocenters. The van der Waals surface area contributed by atoms with Gasteiger partial charge in [0.1, 0.15) is 5.82 Å². The van der Waals surface area contributed by atoms with E-state index in [0.29, 0.717) is 11.3 Å². The molecule has 3 aromatic rings. The van der Waals surface area contributed by atoms with Crippen LogP contribution >= 0.6 is 0 Å². The van der Waals surface area contributed by atoms with Crippen LogP contribution in [0.4, 0.5) is 5.82 Å². The number of anilines is 1. The molecule has 0 amide bonds.